The van der Waals surface area contributed by atoms with Gasteiger partial charge < -0.3 is 15.2 Å². The molecule has 2 N–H and O–H groups in total. The summed E-state index contributed by atoms with van der Waals surface area (Å²) in [6.07, 6.45) is 2.21. The number of methoxy groups -OCH3 is 1. The van der Waals surface area contributed by atoms with Crippen molar-refractivity contribution in [3.63, 3.8) is 0 Å². The number of carboxylic acid groups (broad SMARTS) is 1. The van der Waals surface area contributed by atoms with Crippen molar-refractivity contribution in [3.8, 4) is 0 Å². The minimum Gasteiger partial charge on any atom is -0.480 e. The number of ether oxygens (including phenoxy) is 1. The van der Waals surface area contributed by atoms with Crippen LogP contribution < -0.4 is 5.32 Å². The van der Waals surface area contributed by atoms with E-state index in [4.69, 9.17) is 4.74 Å². The molecular weight excluding hydrogens is 222 g/mol. The Bertz CT molecular complexity index is 305. The van der Waals surface area contributed by atoms with Gasteiger partial charge >= 0.3 is 5.97 Å². The molecule has 17 heavy (non-hydrogen) atoms. The van der Waals surface area contributed by atoms with Crippen LogP contribution in [0.15, 0.2) is 0 Å². The lowest BCUT2D eigenvalue weighted by Gasteiger charge is -2.37. The number of aliphatic carboxylic acids is 1. The standard InChI is InChI=1S/C12H21NO4/c1-8-5-4-6-12(7-8,11(15)16)13-10(14)9(2)17-3/h8-9H,4-7H2,1-3H3,(H,13,14)(H,15,16). The van der Waals surface area contributed by atoms with Crippen molar-refractivity contribution in [1.82, 2.24) is 5.32 Å². The minimum absolute atomic E-state index is 0.318. The summed E-state index contributed by atoms with van der Waals surface area (Å²) < 4.78 is 4.90. The summed E-state index contributed by atoms with van der Waals surface area (Å²) in [7, 11) is 1.43. The van der Waals surface area contributed by atoms with E-state index >= 15 is 0 Å². The van der Waals surface area contributed by atoms with E-state index in [9.17, 15) is 14.7 Å². The summed E-state index contributed by atoms with van der Waals surface area (Å²) >= 11 is 0. The molecule has 1 saturated carbocycles. The molecule has 0 heterocycles. The molecule has 0 aliphatic heterocycles. The second kappa shape index (κ2) is 5.49. The van der Waals surface area contributed by atoms with Gasteiger partial charge in [0, 0.05) is 7.11 Å². The number of carbonyl (C=O) groups excluding carboxylic acids is 1. The molecule has 0 aromatic carbocycles. The van der Waals surface area contributed by atoms with Crippen LogP contribution in [0.1, 0.15) is 39.5 Å². The predicted molar refractivity (Wildman–Crippen MR) is 62.6 cm³/mol. The zero-order chi connectivity index (χ0) is 13.1. The quantitative estimate of drug-likeness (QED) is 0.777. The Morgan fingerprint density at radius 3 is 2.65 bits per heavy atom. The minimum atomic E-state index is -1.11. The van der Waals surface area contributed by atoms with Crippen molar-refractivity contribution >= 4 is 11.9 Å². The van der Waals surface area contributed by atoms with Crippen LogP contribution in [-0.2, 0) is 14.3 Å². The van der Waals surface area contributed by atoms with Gasteiger partial charge in [0.15, 0.2) is 0 Å². The Balaban J connectivity index is 2.78. The Morgan fingerprint density at radius 1 is 1.53 bits per heavy atom. The van der Waals surface area contributed by atoms with Crippen molar-refractivity contribution in [2.24, 2.45) is 5.92 Å². The van der Waals surface area contributed by atoms with E-state index in [1.54, 1.807) is 6.92 Å². The molecule has 1 rings (SSSR count). The normalized spacial score (nSPS) is 30.6. The second-order valence-corrected chi connectivity index (χ2v) is 4.96. The van der Waals surface area contributed by atoms with Crippen LogP contribution in [0.4, 0.5) is 0 Å². The highest BCUT2D eigenvalue weighted by atomic mass is 16.5. The van der Waals surface area contributed by atoms with Gasteiger partial charge in [-0.3, -0.25) is 4.79 Å². The monoisotopic (exact) mass is 243 g/mol. The van der Waals surface area contributed by atoms with Crippen LogP contribution in [-0.4, -0.2) is 35.7 Å². The number of carboxylic acids is 1. The van der Waals surface area contributed by atoms with Crippen molar-refractivity contribution in [3.05, 3.63) is 0 Å². The highest BCUT2D eigenvalue weighted by Crippen LogP contribution is 2.32. The molecule has 3 unspecified atom stereocenters. The fourth-order valence-corrected chi connectivity index (χ4v) is 2.36. The van der Waals surface area contributed by atoms with E-state index < -0.39 is 17.6 Å². The molecular formula is C12H21NO4. The highest BCUT2D eigenvalue weighted by molar-refractivity contribution is 5.89. The van der Waals surface area contributed by atoms with Gasteiger partial charge in [-0.15, -0.1) is 0 Å². The third-order valence-electron chi connectivity index (χ3n) is 3.49. The maximum atomic E-state index is 11.8. The number of nitrogens with one attached hydrogen (secondary N) is 1. The molecule has 0 aromatic rings. The molecule has 98 valence electrons. The number of carbonyl (C=O) groups is 2. The van der Waals surface area contributed by atoms with Crippen LogP contribution >= 0.6 is 0 Å². The Morgan fingerprint density at radius 2 is 2.18 bits per heavy atom. The van der Waals surface area contributed by atoms with Gasteiger partial charge in [-0.1, -0.05) is 19.8 Å². The van der Waals surface area contributed by atoms with Gasteiger partial charge in [0.25, 0.3) is 0 Å². The molecule has 1 fully saturated rings. The Labute approximate surface area is 102 Å². The summed E-state index contributed by atoms with van der Waals surface area (Å²) in [6, 6.07) is 0. The van der Waals surface area contributed by atoms with Crippen molar-refractivity contribution in [2.45, 2.75) is 51.2 Å². The number of hydrogen-bond acceptors (Lipinski definition) is 3. The summed E-state index contributed by atoms with van der Waals surface area (Å²) in [5, 5.41) is 12.0. The van der Waals surface area contributed by atoms with Gasteiger partial charge in [-0.25, -0.2) is 4.79 Å². The maximum absolute atomic E-state index is 11.8. The van der Waals surface area contributed by atoms with Crippen molar-refractivity contribution in [1.29, 1.82) is 0 Å². The topological polar surface area (TPSA) is 75.6 Å². The molecule has 0 saturated heterocycles. The number of rotatable bonds is 4. The maximum Gasteiger partial charge on any atom is 0.329 e. The molecule has 1 amide bonds. The van der Waals surface area contributed by atoms with Gasteiger partial charge in [-0.05, 0) is 25.7 Å². The molecule has 0 spiro atoms. The first-order valence-corrected chi connectivity index (χ1v) is 5.99. The fourth-order valence-electron chi connectivity index (χ4n) is 2.36. The lowest BCUT2D eigenvalue weighted by Crippen LogP contribution is -2.58. The van der Waals surface area contributed by atoms with E-state index in [0.29, 0.717) is 18.8 Å². The van der Waals surface area contributed by atoms with E-state index in [1.807, 2.05) is 6.92 Å². The SMILES string of the molecule is COC(C)C(=O)NC1(C(=O)O)CCCC(C)C1. The van der Waals surface area contributed by atoms with Crippen LogP contribution in [0.2, 0.25) is 0 Å². The first kappa shape index (κ1) is 14.0. The molecule has 5 nitrogen and oxygen atoms in total. The molecule has 0 aromatic heterocycles. The largest absolute Gasteiger partial charge is 0.480 e. The van der Waals surface area contributed by atoms with Crippen LogP contribution in [0, 0.1) is 5.92 Å². The van der Waals surface area contributed by atoms with Gasteiger partial charge in [0.2, 0.25) is 5.91 Å². The van der Waals surface area contributed by atoms with E-state index in [0.717, 1.165) is 12.8 Å². The van der Waals surface area contributed by atoms with E-state index in [1.165, 1.54) is 7.11 Å². The van der Waals surface area contributed by atoms with Crippen LogP contribution in [0.5, 0.6) is 0 Å². The third-order valence-corrected chi connectivity index (χ3v) is 3.49. The smallest absolute Gasteiger partial charge is 0.329 e. The molecule has 3 atom stereocenters. The molecule has 1 aliphatic carbocycles. The Hall–Kier alpha value is -1.10. The highest BCUT2D eigenvalue weighted by Gasteiger charge is 2.43. The summed E-state index contributed by atoms with van der Waals surface area (Å²) in [5.41, 5.74) is -1.11. The fraction of sp³-hybridized carbons (Fsp3) is 0.833. The summed E-state index contributed by atoms with van der Waals surface area (Å²) in [5.74, 6) is -0.984. The summed E-state index contributed by atoms with van der Waals surface area (Å²) in [6.45, 7) is 3.62. The van der Waals surface area contributed by atoms with Gasteiger partial charge in [0.05, 0.1) is 0 Å². The molecule has 1 aliphatic rings. The van der Waals surface area contributed by atoms with Crippen LogP contribution in [0.25, 0.3) is 0 Å². The third kappa shape index (κ3) is 3.19. The first-order chi connectivity index (χ1) is 7.91. The number of amides is 1. The zero-order valence-electron chi connectivity index (χ0n) is 10.7. The lowest BCUT2D eigenvalue weighted by atomic mass is 9.76. The van der Waals surface area contributed by atoms with Gasteiger partial charge in [0.1, 0.15) is 11.6 Å². The molecule has 0 radical (unpaired) electrons. The molecule has 5 heteroatoms. The van der Waals surface area contributed by atoms with E-state index in [-0.39, 0.29) is 5.91 Å². The lowest BCUT2D eigenvalue weighted by molar-refractivity contribution is -0.151. The zero-order valence-corrected chi connectivity index (χ0v) is 10.7. The predicted octanol–water partition coefficient (Wildman–Crippen LogP) is 1.17. The Kier molecular flexibility index (Phi) is 4.51. The average Bonchev–Trinajstić information content (AvgIpc) is 2.27. The first-order valence-electron chi connectivity index (χ1n) is 5.99. The van der Waals surface area contributed by atoms with E-state index in [2.05, 4.69) is 5.32 Å². The van der Waals surface area contributed by atoms with Gasteiger partial charge in [-0.2, -0.15) is 0 Å². The summed E-state index contributed by atoms with van der Waals surface area (Å²) in [4.78, 5) is 23.2. The second-order valence-electron chi connectivity index (χ2n) is 4.96. The van der Waals surface area contributed by atoms with Crippen LogP contribution in [0.3, 0.4) is 0 Å². The average molecular weight is 243 g/mol. The molecule has 0 bridgehead atoms. The number of hydrogen-bond donors (Lipinski definition) is 2. The van der Waals surface area contributed by atoms with Crippen molar-refractivity contribution < 1.29 is 19.4 Å². The van der Waals surface area contributed by atoms with Crippen molar-refractivity contribution in [2.75, 3.05) is 7.11 Å².